The van der Waals surface area contributed by atoms with Gasteiger partial charge in [0.2, 0.25) is 0 Å². The third-order valence-electron chi connectivity index (χ3n) is 0.211. The van der Waals surface area contributed by atoms with Crippen LogP contribution in [0.4, 0.5) is 0 Å². The maximum absolute atomic E-state index is 7.73. The van der Waals surface area contributed by atoms with Gasteiger partial charge in [-0.2, -0.15) is 0 Å². The second kappa shape index (κ2) is 6.16. The second-order valence-electron chi connectivity index (χ2n) is 0.562. The van der Waals surface area contributed by atoms with E-state index in [9.17, 15) is 0 Å². The van der Waals surface area contributed by atoms with Gasteiger partial charge in [-0.25, -0.2) is 0 Å². The standard InChI is InChI=1S/BH5O3Si.Na.H/c2-1(3)4-5;;/h2-3H,5H3;;/q;+1;-1. The summed E-state index contributed by atoms with van der Waals surface area (Å²) in [5.74, 6) is 0. The van der Waals surface area contributed by atoms with Crippen LogP contribution in [0.15, 0.2) is 0 Å². The summed E-state index contributed by atoms with van der Waals surface area (Å²) >= 11 is 0. The van der Waals surface area contributed by atoms with E-state index < -0.39 is 7.32 Å². The third kappa shape index (κ3) is 8.94. The van der Waals surface area contributed by atoms with Crippen molar-refractivity contribution in [1.82, 2.24) is 0 Å². The summed E-state index contributed by atoms with van der Waals surface area (Å²) in [5, 5.41) is 15.5. The van der Waals surface area contributed by atoms with Gasteiger partial charge >= 0.3 is 36.9 Å². The van der Waals surface area contributed by atoms with E-state index in [1.54, 1.807) is 0 Å². The van der Waals surface area contributed by atoms with Crippen molar-refractivity contribution in [3.8, 4) is 0 Å². The average molecular weight is 116 g/mol. The van der Waals surface area contributed by atoms with E-state index in [2.05, 4.69) is 4.34 Å². The van der Waals surface area contributed by atoms with Crippen LogP contribution < -0.4 is 29.6 Å². The molecule has 0 saturated heterocycles. The molecule has 6 heavy (non-hydrogen) atoms. The van der Waals surface area contributed by atoms with Crippen molar-refractivity contribution in [1.29, 1.82) is 0 Å². The summed E-state index contributed by atoms with van der Waals surface area (Å²) in [6, 6.07) is 0. The molecule has 0 amide bonds. The molecule has 0 aromatic heterocycles. The Bertz CT molecular complexity index is 28.9. The molecule has 3 nitrogen and oxygen atoms in total. The van der Waals surface area contributed by atoms with Crippen LogP contribution in [0.5, 0.6) is 0 Å². The van der Waals surface area contributed by atoms with Crippen LogP contribution >= 0.6 is 0 Å². The maximum Gasteiger partial charge on any atom is 1.00 e. The predicted molar refractivity (Wildman–Crippen MR) is 22.3 cm³/mol. The molecule has 0 aliphatic heterocycles. The molecule has 0 aromatic carbocycles. The van der Waals surface area contributed by atoms with Crippen molar-refractivity contribution in [2.24, 2.45) is 0 Å². The molecular formula is H6BNaO3Si. The van der Waals surface area contributed by atoms with Crippen LogP contribution in [0.25, 0.3) is 0 Å². The van der Waals surface area contributed by atoms with E-state index >= 15 is 0 Å². The zero-order valence-electron chi connectivity index (χ0n) is 4.88. The zero-order chi connectivity index (χ0) is 4.28. The van der Waals surface area contributed by atoms with Crippen LogP contribution in [-0.2, 0) is 4.34 Å². The van der Waals surface area contributed by atoms with E-state index in [1.807, 2.05) is 0 Å². The molecule has 0 heterocycles. The first-order valence-electron chi connectivity index (χ1n) is 1.16. The Kier molecular flexibility index (Phi) is 10.5. The minimum atomic E-state index is -1.55. The first-order chi connectivity index (χ1) is 2.27. The fourth-order valence-electron chi connectivity index (χ4n) is 0. The number of hydrogen-bond acceptors (Lipinski definition) is 3. The molecule has 0 unspecified atom stereocenters. The van der Waals surface area contributed by atoms with Crippen LogP contribution in [0.1, 0.15) is 1.43 Å². The topological polar surface area (TPSA) is 49.7 Å². The van der Waals surface area contributed by atoms with Crippen LogP contribution in [0.2, 0.25) is 0 Å². The smallest absolute Gasteiger partial charge is 1.00 e. The Hall–Kier alpha value is 1.16. The van der Waals surface area contributed by atoms with Crippen LogP contribution in [0.3, 0.4) is 0 Å². The van der Waals surface area contributed by atoms with Crippen molar-refractivity contribution in [2.45, 2.75) is 0 Å². The van der Waals surface area contributed by atoms with Crippen LogP contribution in [-0.4, -0.2) is 27.9 Å². The first kappa shape index (κ1) is 10.2. The van der Waals surface area contributed by atoms with E-state index in [4.69, 9.17) is 10.0 Å². The molecule has 0 radical (unpaired) electrons. The van der Waals surface area contributed by atoms with Gasteiger partial charge in [-0.3, -0.25) is 0 Å². The molecule has 0 atom stereocenters. The Labute approximate surface area is 63.2 Å². The number of hydrogen-bond donors (Lipinski definition) is 2. The SMILES string of the molecule is OB(O)O[SiH3].[H-].[Na+]. The van der Waals surface area contributed by atoms with Crippen molar-refractivity contribution < 1.29 is 45.4 Å². The zero-order valence-corrected chi connectivity index (χ0v) is 7.88. The van der Waals surface area contributed by atoms with Gasteiger partial charge in [-0.05, 0) is 0 Å². The molecule has 0 aromatic rings. The minimum absolute atomic E-state index is 0. The molecule has 0 rings (SSSR count). The number of rotatable bonds is 1. The molecule has 32 valence electrons. The molecule has 0 saturated carbocycles. The van der Waals surface area contributed by atoms with Gasteiger partial charge < -0.3 is 15.8 Å². The summed E-state index contributed by atoms with van der Waals surface area (Å²) in [7, 11) is -1.18. The normalized spacial score (nSPS) is 7.00. The summed E-state index contributed by atoms with van der Waals surface area (Å²) in [6.45, 7) is 0. The van der Waals surface area contributed by atoms with E-state index in [1.165, 1.54) is 0 Å². The Morgan fingerprint density at radius 2 is 1.83 bits per heavy atom. The van der Waals surface area contributed by atoms with Gasteiger partial charge in [0.25, 0.3) is 0 Å². The van der Waals surface area contributed by atoms with Gasteiger partial charge in [0.15, 0.2) is 0 Å². The van der Waals surface area contributed by atoms with Crippen molar-refractivity contribution in [2.75, 3.05) is 0 Å². The minimum Gasteiger partial charge on any atom is -1.00 e. The molecular weight excluding hydrogens is 110 g/mol. The second-order valence-corrected chi connectivity index (χ2v) is 1.03. The average Bonchev–Trinajstić information content (AvgIpc) is 1.38. The molecule has 0 aliphatic rings. The van der Waals surface area contributed by atoms with Gasteiger partial charge in [0.1, 0.15) is 10.5 Å². The van der Waals surface area contributed by atoms with Crippen molar-refractivity contribution >= 4 is 17.8 Å². The van der Waals surface area contributed by atoms with Crippen molar-refractivity contribution in [3.63, 3.8) is 0 Å². The van der Waals surface area contributed by atoms with E-state index in [0.717, 1.165) is 0 Å². The molecule has 0 fully saturated rings. The quantitative estimate of drug-likeness (QED) is 0.336. The largest absolute Gasteiger partial charge is 1.00 e. The first-order valence-corrected chi connectivity index (χ1v) is 1.98. The molecule has 0 spiro atoms. The summed E-state index contributed by atoms with van der Waals surface area (Å²) < 4.78 is 4.00. The Balaban J connectivity index is -0.0000000800. The molecule has 2 N–H and O–H groups in total. The monoisotopic (exact) mass is 116 g/mol. The Morgan fingerprint density at radius 1 is 1.67 bits per heavy atom. The molecule has 0 aliphatic carbocycles. The van der Waals surface area contributed by atoms with Gasteiger partial charge in [0, 0.05) is 0 Å². The van der Waals surface area contributed by atoms with Crippen LogP contribution in [0, 0.1) is 0 Å². The molecule has 6 heteroatoms. The fraction of sp³-hybridized carbons (Fsp3) is 0. The molecule has 0 bridgehead atoms. The third-order valence-corrected chi connectivity index (χ3v) is 0.632. The summed E-state index contributed by atoms with van der Waals surface area (Å²) in [6.07, 6.45) is 0. The summed E-state index contributed by atoms with van der Waals surface area (Å²) in [4.78, 5) is 0. The Morgan fingerprint density at radius 3 is 1.83 bits per heavy atom. The predicted octanol–water partition coefficient (Wildman–Crippen LogP) is -5.63. The van der Waals surface area contributed by atoms with Crippen molar-refractivity contribution in [3.05, 3.63) is 0 Å². The van der Waals surface area contributed by atoms with E-state index in [-0.39, 0.29) is 31.0 Å². The maximum atomic E-state index is 7.73. The summed E-state index contributed by atoms with van der Waals surface area (Å²) in [5.41, 5.74) is 0. The van der Waals surface area contributed by atoms with Gasteiger partial charge in [-0.15, -0.1) is 0 Å². The van der Waals surface area contributed by atoms with E-state index in [0.29, 0.717) is 10.5 Å². The fourth-order valence-corrected chi connectivity index (χ4v) is 0. The van der Waals surface area contributed by atoms with Gasteiger partial charge in [0.05, 0.1) is 0 Å². The van der Waals surface area contributed by atoms with Gasteiger partial charge in [-0.1, -0.05) is 0 Å².